The number of benzene rings is 1. The van der Waals surface area contributed by atoms with Crippen molar-refractivity contribution in [2.45, 2.75) is 44.7 Å². The van der Waals surface area contributed by atoms with Gasteiger partial charge in [-0.15, -0.1) is 0 Å². The smallest absolute Gasteiger partial charge is 0.238 e. The van der Waals surface area contributed by atoms with Crippen LogP contribution in [-0.2, 0) is 22.6 Å². The minimum Gasteiger partial charge on any atom is -0.384 e. The minimum atomic E-state index is -1.33. The second-order valence-corrected chi connectivity index (χ2v) is 8.40. The Morgan fingerprint density at radius 1 is 1.12 bits per heavy atom. The molecule has 0 spiro atoms. The SMILES string of the molecule is CC(C(N)=O)([C@H](Cc1cc(F)cc(F)c1)C(=O)NCc1ccc(N)nc1)N1CCCCC1. The number of carbonyl (C=O) groups is 2. The highest BCUT2D eigenvalue weighted by Gasteiger charge is 2.48. The zero-order valence-corrected chi connectivity index (χ0v) is 18.1. The Hall–Kier alpha value is -3.07. The summed E-state index contributed by atoms with van der Waals surface area (Å²) in [5.74, 6) is -3.17. The molecule has 9 heteroatoms. The van der Waals surface area contributed by atoms with Crippen LogP contribution in [0.1, 0.15) is 37.3 Å². The molecule has 2 aromatic rings. The van der Waals surface area contributed by atoms with Crippen molar-refractivity contribution in [3.8, 4) is 0 Å². The monoisotopic (exact) mass is 445 g/mol. The van der Waals surface area contributed by atoms with Crippen LogP contribution in [0.3, 0.4) is 0 Å². The van der Waals surface area contributed by atoms with Crippen molar-refractivity contribution in [3.05, 3.63) is 59.3 Å². The van der Waals surface area contributed by atoms with Gasteiger partial charge in [0.05, 0.1) is 5.92 Å². The molecule has 2 amide bonds. The van der Waals surface area contributed by atoms with E-state index in [0.717, 1.165) is 30.9 Å². The van der Waals surface area contributed by atoms with Crippen LogP contribution >= 0.6 is 0 Å². The molecule has 0 saturated carbocycles. The summed E-state index contributed by atoms with van der Waals surface area (Å²) in [7, 11) is 0. The van der Waals surface area contributed by atoms with E-state index in [4.69, 9.17) is 11.5 Å². The maximum atomic E-state index is 13.8. The summed E-state index contributed by atoms with van der Waals surface area (Å²) >= 11 is 0. The summed E-state index contributed by atoms with van der Waals surface area (Å²) in [6, 6.07) is 6.47. The van der Waals surface area contributed by atoms with Crippen LogP contribution in [0, 0.1) is 17.6 Å². The normalized spacial score (nSPS) is 17.3. The lowest BCUT2D eigenvalue weighted by Crippen LogP contribution is -2.64. The molecular formula is C23H29F2N5O2. The molecule has 172 valence electrons. The van der Waals surface area contributed by atoms with Crippen LogP contribution in [-0.4, -0.2) is 40.3 Å². The average molecular weight is 446 g/mol. The van der Waals surface area contributed by atoms with Gasteiger partial charge >= 0.3 is 0 Å². The molecule has 5 N–H and O–H groups in total. The highest BCUT2D eigenvalue weighted by molar-refractivity contribution is 5.92. The van der Waals surface area contributed by atoms with E-state index in [1.807, 2.05) is 4.90 Å². The maximum Gasteiger partial charge on any atom is 0.238 e. The van der Waals surface area contributed by atoms with E-state index in [1.54, 1.807) is 25.3 Å². The number of aromatic nitrogens is 1. The Morgan fingerprint density at radius 3 is 2.34 bits per heavy atom. The number of hydrogen-bond donors (Lipinski definition) is 3. The topological polar surface area (TPSA) is 114 Å². The summed E-state index contributed by atoms with van der Waals surface area (Å²) in [4.78, 5) is 32.0. The molecule has 2 heterocycles. The Morgan fingerprint density at radius 2 is 1.78 bits per heavy atom. The van der Waals surface area contributed by atoms with Crippen LogP contribution in [0.15, 0.2) is 36.5 Å². The molecule has 3 rings (SSSR count). The molecule has 1 aromatic heterocycles. The van der Waals surface area contributed by atoms with Gasteiger partial charge < -0.3 is 16.8 Å². The van der Waals surface area contributed by atoms with Gasteiger partial charge in [0.25, 0.3) is 0 Å². The first-order chi connectivity index (χ1) is 15.2. The van der Waals surface area contributed by atoms with E-state index in [2.05, 4.69) is 10.3 Å². The van der Waals surface area contributed by atoms with E-state index in [0.29, 0.717) is 18.9 Å². The number of halogens is 2. The van der Waals surface area contributed by atoms with Crippen LogP contribution in [0.5, 0.6) is 0 Å². The summed E-state index contributed by atoms with van der Waals surface area (Å²) < 4.78 is 27.7. The lowest BCUT2D eigenvalue weighted by Gasteiger charge is -2.45. The van der Waals surface area contributed by atoms with Gasteiger partial charge in [0, 0.05) is 18.8 Å². The van der Waals surface area contributed by atoms with Crippen molar-refractivity contribution < 1.29 is 18.4 Å². The van der Waals surface area contributed by atoms with Gasteiger partial charge in [0.1, 0.15) is 23.0 Å². The predicted octanol–water partition coefficient (Wildman–Crippen LogP) is 2.15. The van der Waals surface area contributed by atoms with E-state index in [1.165, 1.54) is 12.1 Å². The number of pyridine rings is 1. The first-order valence-corrected chi connectivity index (χ1v) is 10.7. The molecular weight excluding hydrogens is 416 g/mol. The predicted molar refractivity (Wildman–Crippen MR) is 117 cm³/mol. The van der Waals surface area contributed by atoms with Crippen LogP contribution < -0.4 is 16.8 Å². The van der Waals surface area contributed by atoms with E-state index >= 15 is 0 Å². The third-order valence-corrected chi connectivity index (χ3v) is 6.18. The minimum absolute atomic E-state index is 0.0452. The van der Waals surface area contributed by atoms with Crippen molar-refractivity contribution in [1.82, 2.24) is 15.2 Å². The summed E-state index contributed by atoms with van der Waals surface area (Å²) in [5.41, 5.74) is 11.1. The van der Waals surface area contributed by atoms with Gasteiger partial charge in [0.15, 0.2) is 0 Å². The molecule has 0 aliphatic carbocycles. The van der Waals surface area contributed by atoms with Crippen molar-refractivity contribution in [3.63, 3.8) is 0 Å². The number of amides is 2. The molecule has 1 aliphatic rings. The van der Waals surface area contributed by atoms with Gasteiger partial charge in [-0.05, 0) is 68.6 Å². The largest absolute Gasteiger partial charge is 0.384 e. The third kappa shape index (κ3) is 5.40. The van der Waals surface area contributed by atoms with Gasteiger partial charge in [-0.1, -0.05) is 12.5 Å². The molecule has 0 bridgehead atoms. The summed E-state index contributed by atoms with van der Waals surface area (Å²) in [6.07, 6.45) is 4.29. The molecule has 2 atom stereocenters. The van der Waals surface area contributed by atoms with Gasteiger partial charge in [-0.25, -0.2) is 13.8 Å². The van der Waals surface area contributed by atoms with Crippen molar-refractivity contribution in [1.29, 1.82) is 0 Å². The van der Waals surface area contributed by atoms with Crippen molar-refractivity contribution >= 4 is 17.6 Å². The first-order valence-electron chi connectivity index (χ1n) is 10.7. The number of primary amides is 1. The number of anilines is 1. The fraction of sp³-hybridized carbons (Fsp3) is 0.435. The Labute approximate surface area is 186 Å². The average Bonchev–Trinajstić information content (AvgIpc) is 2.76. The standard InChI is InChI=1S/C23H29F2N5O2/c1-23(22(27)32,30-7-3-2-4-8-30)19(11-16-9-17(24)12-18(25)10-16)21(31)29-14-15-5-6-20(26)28-13-15/h5-6,9-10,12-13,19H,2-4,7-8,11,14H2,1H3,(H2,26,28)(H2,27,32)(H,29,31)/t19-,23?/m1/s1. The molecule has 0 radical (unpaired) electrons. The molecule has 7 nitrogen and oxygen atoms in total. The first kappa shape index (κ1) is 23.6. The Kier molecular flexibility index (Phi) is 7.40. The number of rotatable bonds is 8. The third-order valence-electron chi connectivity index (χ3n) is 6.18. The molecule has 1 fully saturated rings. The number of nitrogen functional groups attached to an aromatic ring is 1. The second kappa shape index (κ2) is 10.0. The molecule has 32 heavy (non-hydrogen) atoms. The number of likely N-dealkylation sites (tertiary alicyclic amines) is 1. The van der Waals surface area contributed by atoms with E-state index < -0.39 is 34.9 Å². The fourth-order valence-corrected chi connectivity index (χ4v) is 4.27. The number of nitrogens with two attached hydrogens (primary N) is 2. The Balaban J connectivity index is 1.91. The number of hydrogen-bond acceptors (Lipinski definition) is 5. The number of piperidine rings is 1. The zero-order chi connectivity index (χ0) is 23.3. The molecule has 1 aromatic carbocycles. The Bertz CT molecular complexity index is 943. The second-order valence-electron chi connectivity index (χ2n) is 8.40. The van der Waals surface area contributed by atoms with Crippen molar-refractivity contribution in [2.75, 3.05) is 18.8 Å². The zero-order valence-electron chi connectivity index (χ0n) is 18.1. The molecule has 1 aliphatic heterocycles. The highest BCUT2D eigenvalue weighted by Crippen LogP contribution is 2.31. The fourth-order valence-electron chi connectivity index (χ4n) is 4.27. The van der Waals surface area contributed by atoms with Crippen LogP contribution in [0.4, 0.5) is 14.6 Å². The summed E-state index contributed by atoms with van der Waals surface area (Å²) in [6.45, 7) is 3.03. The number of carbonyl (C=O) groups excluding carboxylic acids is 2. The maximum absolute atomic E-state index is 13.8. The quantitative estimate of drug-likeness (QED) is 0.576. The summed E-state index contributed by atoms with van der Waals surface area (Å²) in [5, 5.41) is 2.83. The number of nitrogens with zero attached hydrogens (tertiary/aromatic N) is 2. The highest BCUT2D eigenvalue weighted by atomic mass is 19.1. The van der Waals surface area contributed by atoms with Gasteiger partial charge in [0.2, 0.25) is 11.8 Å². The van der Waals surface area contributed by atoms with Crippen molar-refractivity contribution in [2.24, 2.45) is 11.7 Å². The molecule has 1 saturated heterocycles. The lowest BCUT2D eigenvalue weighted by molar-refractivity contribution is -0.143. The van der Waals surface area contributed by atoms with E-state index in [9.17, 15) is 18.4 Å². The lowest BCUT2D eigenvalue weighted by atomic mass is 9.77. The number of nitrogens with one attached hydrogen (secondary N) is 1. The van der Waals surface area contributed by atoms with Gasteiger partial charge in [-0.3, -0.25) is 14.5 Å². The van der Waals surface area contributed by atoms with Crippen LogP contribution in [0.25, 0.3) is 0 Å². The van der Waals surface area contributed by atoms with Crippen LogP contribution in [0.2, 0.25) is 0 Å². The van der Waals surface area contributed by atoms with E-state index in [-0.39, 0.29) is 18.5 Å². The molecule has 1 unspecified atom stereocenters. The van der Waals surface area contributed by atoms with Gasteiger partial charge in [-0.2, -0.15) is 0 Å².